The van der Waals surface area contributed by atoms with E-state index in [-0.39, 0.29) is 22.7 Å². The van der Waals surface area contributed by atoms with Crippen LogP contribution in [0.3, 0.4) is 0 Å². The molecule has 2 aromatic carbocycles. The molecular formula is C29H25F4N3OS. The van der Waals surface area contributed by atoms with Gasteiger partial charge in [0.1, 0.15) is 17.0 Å². The first kappa shape index (κ1) is 23.9. The lowest BCUT2D eigenvalue weighted by Crippen LogP contribution is -2.42. The zero-order chi connectivity index (χ0) is 26.2. The minimum atomic E-state index is -4.48. The van der Waals surface area contributed by atoms with Gasteiger partial charge in [-0.15, -0.1) is 0 Å². The van der Waals surface area contributed by atoms with Gasteiger partial charge < -0.3 is 9.42 Å². The number of piperidine rings is 1. The summed E-state index contributed by atoms with van der Waals surface area (Å²) in [4.78, 5) is 6.80. The highest BCUT2D eigenvalue weighted by Crippen LogP contribution is 2.56. The molecular weight excluding hydrogens is 514 g/mol. The molecule has 1 spiro atoms. The number of nitrogens with zero attached hydrogens (tertiary/aromatic N) is 3. The number of allylic oxidation sites excluding steroid dienone is 2. The summed E-state index contributed by atoms with van der Waals surface area (Å²) in [6, 6.07) is 9.08. The molecule has 196 valence electrons. The molecule has 4 aromatic rings. The van der Waals surface area contributed by atoms with Gasteiger partial charge in [-0.1, -0.05) is 40.8 Å². The Morgan fingerprint density at radius 3 is 2.55 bits per heavy atom. The number of anilines is 1. The molecule has 4 nitrogen and oxygen atoms in total. The fourth-order valence-electron chi connectivity index (χ4n) is 5.94. The van der Waals surface area contributed by atoms with Crippen molar-refractivity contribution >= 4 is 32.3 Å². The molecule has 9 heteroatoms. The van der Waals surface area contributed by atoms with E-state index in [2.05, 4.69) is 21.1 Å². The second kappa shape index (κ2) is 8.40. The average Bonchev–Trinajstić information content (AvgIpc) is 3.46. The van der Waals surface area contributed by atoms with Crippen LogP contribution in [-0.2, 0) is 6.18 Å². The molecule has 3 heterocycles. The summed E-state index contributed by atoms with van der Waals surface area (Å²) in [6.45, 7) is 3.48. The van der Waals surface area contributed by atoms with Gasteiger partial charge in [0.15, 0.2) is 10.9 Å². The van der Waals surface area contributed by atoms with Gasteiger partial charge >= 0.3 is 6.18 Å². The van der Waals surface area contributed by atoms with Gasteiger partial charge in [0.25, 0.3) is 0 Å². The van der Waals surface area contributed by atoms with Crippen molar-refractivity contribution in [2.24, 2.45) is 5.41 Å². The predicted octanol–water partition coefficient (Wildman–Crippen LogP) is 8.37. The van der Waals surface area contributed by atoms with Gasteiger partial charge in [-0.05, 0) is 73.8 Å². The van der Waals surface area contributed by atoms with Gasteiger partial charge in [-0.2, -0.15) is 13.2 Å². The van der Waals surface area contributed by atoms with E-state index in [0.717, 1.165) is 83.6 Å². The number of rotatable bonds is 4. The SMILES string of the molecule is Cc1cc(F)c2nc(N3CCC4(C=C(c5c(-c6ccccc6C(F)(F)F)noc5C5CC5)C4)CC3)sc2c1. The Bertz CT molecular complexity index is 1590. The Kier molecular flexibility index (Phi) is 5.28. The first-order valence-corrected chi connectivity index (χ1v) is 13.7. The van der Waals surface area contributed by atoms with Gasteiger partial charge in [-0.3, -0.25) is 0 Å². The number of hydrogen-bond acceptors (Lipinski definition) is 5. The largest absolute Gasteiger partial charge is 0.417 e. The van der Waals surface area contributed by atoms with Crippen LogP contribution in [0.25, 0.3) is 27.0 Å². The van der Waals surface area contributed by atoms with Crippen LogP contribution in [0.5, 0.6) is 0 Å². The number of fused-ring (bicyclic) bond motifs is 1. The van der Waals surface area contributed by atoms with E-state index in [1.54, 1.807) is 6.07 Å². The quantitative estimate of drug-likeness (QED) is 0.244. The van der Waals surface area contributed by atoms with Crippen LogP contribution in [-0.4, -0.2) is 23.2 Å². The predicted molar refractivity (Wildman–Crippen MR) is 140 cm³/mol. The summed E-state index contributed by atoms with van der Waals surface area (Å²) >= 11 is 1.52. The van der Waals surface area contributed by atoms with E-state index in [0.29, 0.717) is 11.2 Å². The number of benzene rings is 2. The summed E-state index contributed by atoms with van der Waals surface area (Å²) in [5.41, 5.74) is 2.77. The second-order valence-corrected chi connectivity index (χ2v) is 11.9. The van der Waals surface area contributed by atoms with Crippen molar-refractivity contribution in [1.82, 2.24) is 10.1 Å². The lowest BCUT2D eigenvalue weighted by atomic mass is 9.63. The monoisotopic (exact) mass is 539 g/mol. The highest BCUT2D eigenvalue weighted by Gasteiger charge is 2.45. The number of thiazole rings is 1. The van der Waals surface area contributed by atoms with E-state index in [4.69, 9.17) is 4.52 Å². The van der Waals surface area contributed by atoms with Crippen LogP contribution in [0.2, 0.25) is 0 Å². The Labute approximate surface area is 221 Å². The Balaban J connectivity index is 1.16. The van der Waals surface area contributed by atoms with Crippen LogP contribution in [0.15, 0.2) is 47.0 Å². The van der Waals surface area contributed by atoms with E-state index in [9.17, 15) is 17.6 Å². The van der Waals surface area contributed by atoms with E-state index in [1.807, 2.05) is 13.0 Å². The smallest absolute Gasteiger partial charge is 0.360 e. The zero-order valence-corrected chi connectivity index (χ0v) is 21.6. The molecule has 3 aliphatic rings. The molecule has 2 fully saturated rings. The standard InChI is InChI=1S/C29H25F4N3OS/c1-16-12-21(30)25-22(13-16)38-27(34-25)36-10-8-28(9-11-36)14-18(15-28)23-24(35-37-26(23)17-6-7-17)19-4-2-3-5-20(19)29(31,32)33/h2-5,12-14,17H,6-11,15H2,1H3. The Morgan fingerprint density at radius 1 is 1.11 bits per heavy atom. The molecule has 1 saturated carbocycles. The van der Waals surface area contributed by atoms with Gasteiger partial charge in [0, 0.05) is 30.1 Å². The molecule has 1 aliphatic heterocycles. The van der Waals surface area contributed by atoms with Crippen LogP contribution < -0.4 is 4.90 Å². The second-order valence-electron chi connectivity index (χ2n) is 10.9. The number of aromatic nitrogens is 2. The Morgan fingerprint density at radius 2 is 1.84 bits per heavy atom. The van der Waals surface area contributed by atoms with Crippen molar-refractivity contribution in [2.75, 3.05) is 18.0 Å². The topological polar surface area (TPSA) is 42.2 Å². The molecule has 7 rings (SSSR count). The average molecular weight is 540 g/mol. The summed E-state index contributed by atoms with van der Waals surface area (Å²) in [5, 5.41) is 5.02. The fraction of sp³-hybridized carbons (Fsp3) is 0.379. The summed E-state index contributed by atoms with van der Waals surface area (Å²) in [6.07, 6.45) is 2.31. The highest BCUT2D eigenvalue weighted by atomic mass is 32.1. The molecule has 0 radical (unpaired) electrons. The van der Waals surface area contributed by atoms with Gasteiger partial charge in [0.2, 0.25) is 0 Å². The van der Waals surface area contributed by atoms with E-state index in [1.165, 1.54) is 29.5 Å². The zero-order valence-electron chi connectivity index (χ0n) is 20.7. The van der Waals surface area contributed by atoms with Gasteiger partial charge in [-0.25, -0.2) is 9.37 Å². The molecule has 2 aliphatic carbocycles. The molecule has 0 amide bonds. The van der Waals surface area contributed by atoms with Crippen molar-refractivity contribution in [1.29, 1.82) is 0 Å². The lowest BCUT2D eigenvalue weighted by molar-refractivity contribution is -0.137. The third kappa shape index (κ3) is 3.94. The fourth-order valence-corrected chi connectivity index (χ4v) is 7.07. The minimum absolute atomic E-state index is 0.00323. The van der Waals surface area contributed by atoms with Crippen molar-refractivity contribution in [3.63, 3.8) is 0 Å². The summed E-state index contributed by atoms with van der Waals surface area (Å²) in [7, 11) is 0. The van der Waals surface area contributed by atoms with Crippen molar-refractivity contribution in [3.8, 4) is 11.3 Å². The van der Waals surface area contributed by atoms with Crippen molar-refractivity contribution in [3.05, 3.63) is 70.7 Å². The maximum absolute atomic E-state index is 14.4. The highest BCUT2D eigenvalue weighted by molar-refractivity contribution is 7.22. The molecule has 1 saturated heterocycles. The summed E-state index contributed by atoms with van der Waals surface area (Å²) in [5.74, 6) is 0.666. The van der Waals surface area contributed by atoms with Crippen molar-refractivity contribution < 1.29 is 22.1 Å². The van der Waals surface area contributed by atoms with Crippen molar-refractivity contribution in [2.45, 2.75) is 51.1 Å². The number of halogens is 4. The number of alkyl halides is 3. The molecule has 0 N–H and O–H groups in total. The minimum Gasteiger partial charge on any atom is -0.360 e. The maximum Gasteiger partial charge on any atom is 0.417 e. The third-order valence-corrected chi connectivity index (χ3v) is 9.17. The Hall–Kier alpha value is -3.20. The normalized spacial score (nSPS) is 19.2. The van der Waals surface area contributed by atoms with Crippen LogP contribution >= 0.6 is 11.3 Å². The molecule has 38 heavy (non-hydrogen) atoms. The molecule has 0 bridgehead atoms. The first-order chi connectivity index (χ1) is 18.2. The van der Waals surface area contributed by atoms with Crippen LogP contribution in [0, 0.1) is 18.2 Å². The van der Waals surface area contributed by atoms with E-state index < -0.39 is 11.7 Å². The third-order valence-electron chi connectivity index (χ3n) is 8.11. The number of hydrogen-bond donors (Lipinski definition) is 0. The lowest BCUT2D eigenvalue weighted by Gasteiger charge is -2.46. The van der Waals surface area contributed by atoms with Crippen LogP contribution in [0.1, 0.15) is 60.5 Å². The molecule has 2 aromatic heterocycles. The van der Waals surface area contributed by atoms with E-state index >= 15 is 0 Å². The van der Waals surface area contributed by atoms with Crippen LogP contribution in [0.4, 0.5) is 22.7 Å². The molecule has 0 unspecified atom stereocenters. The maximum atomic E-state index is 14.4. The summed E-state index contributed by atoms with van der Waals surface area (Å²) < 4.78 is 62.4. The number of aryl methyl sites for hydroxylation is 1. The van der Waals surface area contributed by atoms with Gasteiger partial charge in [0.05, 0.1) is 10.3 Å². The first-order valence-electron chi connectivity index (χ1n) is 12.9. The molecule has 0 atom stereocenters.